The van der Waals surface area contributed by atoms with Gasteiger partial charge in [0.15, 0.2) is 0 Å². The van der Waals surface area contributed by atoms with Crippen LogP contribution in [0.5, 0.6) is 0 Å². The summed E-state index contributed by atoms with van der Waals surface area (Å²) >= 11 is 5.92. The Morgan fingerprint density at radius 1 is 1.00 bits per heavy atom. The average molecular weight is 336 g/mol. The first kappa shape index (κ1) is 14.6. The first-order chi connectivity index (χ1) is 10.5. The lowest BCUT2D eigenvalue weighted by molar-refractivity contribution is 0.561. The molecular weight excluding hydrogens is 326 g/mol. The standard InChI is InChI=1S/C15H10ClNO4S/c16-12-3-1-2-4-14(12)22(19,20)17-11-6-7-13-10(9-11)5-8-15(18)21-13/h1-9,17H. The molecule has 22 heavy (non-hydrogen) atoms. The molecule has 1 aromatic heterocycles. The van der Waals surface area contributed by atoms with E-state index in [1.807, 2.05) is 0 Å². The minimum absolute atomic E-state index is 0.00337. The number of benzene rings is 2. The van der Waals surface area contributed by atoms with Crippen LogP contribution in [0.15, 0.2) is 68.7 Å². The highest BCUT2D eigenvalue weighted by Crippen LogP contribution is 2.24. The van der Waals surface area contributed by atoms with E-state index in [0.717, 1.165) is 0 Å². The maximum Gasteiger partial charge on any atom is 0.336 e. The van der Waals surface area contributed by atoms with Crippen molar-refractivity contribution in [3.8, 4) is 0 Å². The van der Waals surface area contributed by atoms with Crippen molar-refractivity contribution in [3.05, 3.63) is 70.0 Å². The van der Waals surface area contributed by atoms with E-state index in [-0.39, 0.29) is 9.92 Å². The summed E-state index contributed by atoms with van der Waals surface area (Å²) in [6.45, 7) is 0. The summed E-state index contributed by atoms with van der Waals surface area (Å²) in [5.74, 6) is 0. The highest BCUT2D eigenvalue weighted by Gasteiger charge is 2.17. The third-order valence-electron chi connectivity index (χ3n) is 3.00. The molecule has 3 rings (SSSR count). The number of halogens is 1. The molecule has 0 spiro atoms. The van der Waals surface area contributed by atoms with Crippen molar-refractivity contribution in [2.24, 2.45) is 0 Å². The van der Waals surface area contributed by atoms with E-state index in [0.29, 0.717) is 16.7 Å². The van der Waals surface area contributed by atoms with Gasteiger partial charge in [-0.3, -0.25) is 4.72 Å². The van der Waals surface area contributed by atoms with Gasteiger partial charge in [-0.1, -0.05) is 23.7 Å². The molecule has 2 aromatic carbocycles. The van der Waals surface area contributed by atoms with E-state index < -0.39 is 15.6 Å². The average Bonchev–Trinajstić information content (AvgIpc) is 2.47. The Morgan fingerprint density at radius 2 is 1.77 bits per heavy atom. The Balaban J connectivity index is 2.01. The Morgan fingerprint density at radius 3 is 2.55 bits per heavy atom. The van der Waals surface area contributed by atoms with Gasteiger partial charge in [0.1, 0.15) is 10.5 Å². The Hall–Kier alpha value is -2.31. The molecule has 0 bridgehead atoms. The lowest BCUT2D eigenvalue weighted by atomic mass is 10.2. The largest absolute Gasteiger partial charge is 0.423 e. The maximum absolute atomic E-state index is 12.3. The topological polar surface area (TPSA) is 76.4 Å². The molecule has 0 aliphatic heterocycles. The highest BCUT2D eigenvalue weighted by atomic mass is 35.5. The fourth-order valence-corrected chi connectivity index (χ4v) is 3.58. The molecule has 7 heteroatoms. The van der Waals surface area contributed by atoms with E-state index >= 15 is 0 Å². The number of hydrogen-bond acceptors (Lipinski definition) is 4. The normalized spacial score (nSPS) is 11.5. The third-order valence-corrected chi connectivity index (χ3v) is 4.88. The molecule has 0 atom stereocenters. The summed E-state index contributed by atoms with van der Waals surface area (Å²) in [7, 11) is -3.80. The summed E-state index contributed by atoms with van der Waals surface area (Å²) in [5, 5.41) is 0.751. The van der Waals surface area contributed by atoms with Crippen LogP contribution in [0.4, 0.5) is 5.69 Å². The van der Waals surface area contributed by atoms with Gasteiger partial charge in [0.05, 0.1) is 5.02 Å². The van der Waals surface area contributed by atoms with Gasteiger partial charge < -0.3 is 4.42 Å². The van der Waals surface area contributed by atoms with Crippen LogP contribution in [0.2, 0.25) is 5.02 Å². The zero-order valence-corrected chi connectivity index (χ0v) is 12.7. The van der Waals surface area contributed by atoms with Crippen molar-refractivity contribution < 1.29 is 12.8 Å². The van der Waals surface area contributed by atoms with Gasteiger partial charge in [0.25, 0.3) is 10.0 Å². The highest BCUT2D eigenvalue weighted by molar-refractivity contribution is 7.92. The molecule has 3 aromatic rings. The summed E-state index contributed by atoms with van der Waals surface area (Å²) in [6, 6.07) is 13.6. The Kier molecular flexibility index (Phi) is 3.64. The summed E-state index contributed by atoms with van der Waals surface area (Å²) < 4.78 is 32.1. The van der Waals surface area contributed by atoms with Gasteiger partial charge in [-0.25, -0.2) is 13.2 Å². The molecule has 1 heterocycles. The Bertz CT molecular complexity index is 1010. The molecule has 0 fully saturated rings. The van der Waals surface area contributed by atoms with Crippen molar-refractivity contribution in [2.45, 2.75) is 4.90 Å². The maximum atomic E-state index is 12.3. The molecule has 0 saturated carbocycles. The second-order valence-corrected chi connectivity index (χ2v) is 6.60. The summed E-state index contributed by atoms with van der Waals surface area (Å²) in [5.41, 5.74) is 0.270. The van der Waals surface area contributed by atoms with Crippen LogP contribution in [0, 0.1) is 0 Å². The molecule has 0 radical (unpaired) electrons. The van der Waals surface area contributed by atoms with Gasteiger partial charge in [0, 0.05) is 17.1 Å². The molecule has 112 valence electrons. The number of sulfonamides is 1. The number of rotatable bonds is 3. The molecule has 0 amide bonds. The van der Waals surface area contributed by atoms with Crippen LogP contribution in [-0.2, 0) is 10.0 Å². The van der Waals surface area contributed by atoms with Crippen molar-refractivity contribution in [1.29, 1.82) is 0 Å². The summed E-state index contributed by atoms with van der Waals surface area (Å²) in [4.78, 5) is 11.1. The molecular formula is C15H10ClNO4S. The van der Waals surface area contributed by atoms with Gasteiger partial charge in [-0.2, -0.15) is 0 Å². The number of fused-ring (bicyclic) bond motifs is 1. The van der Waals surface area contributed by atoms with E-state index in [1.54, 1.807) is 24.3 Å². The van der Waals surface area contributed by atoms with Gasteiger partial charge in [0.2, 0.25) is 0 Å². The second kappa shape index (κ2) is 5.47. The number of anilines is 1. The van der Waals surface area contributed by atoms with Crippen molar-refractivity contribution in [3.63, 3.8) is 0 Å². The van der Waals surface area contributed by atoms with Gasteiger partial charge in [-0.15, -0.1) is 0 Å². The number of nitrogens with one attached hydrogen (secondary N) is 1. The zero-order chi connectivity index (χ0) is 15.7. The summed E-state index contributed by atoms with van der Waals surface area (Å²) in [6.07, 6.45) is 0. The van der Waals surface area contributed by atoms with Crippen molar-refractivity contribution in [2.75, 3.05) is 4.72 Å². The van der Waals surface area contributed by atoms with Crippen LogP contribution in [-0.4, -0.2) is 8.42 Å². The van der Waals surface area contributed by atoms with Crippen LogP contribution >= 0.6 is 11.6 Å². The molecule has 0 aliphatic rings. The first-order valence-corrected chi connectivity index (χ1v) is 8.13. The molecule has 5 nitrogen and oxygen atoms in total. The SMILES string of the molecule is O=c1ccc2cc(NS(=O)(=O)c3ccccc3Cl)ccc2o1. The molecule has 1 N–H and O–H groups in total. The fraction of sp³-hybridized carbons (Fsp3) is 0. The predicted molar refractivity (Wildman–Crippen MR) is 84.7 cm³/mol. The van der Waals surface area contributed by atoms with Crippen molar-refractivity contribution in [1.82, 2.24) is 0 Å². The van der Waals surface area contributed by atoms with Crippen molar-refractivity contribution >= 4 is 38.3 Å². The van der Waals surface area contributed by atoms with Gasteiger partial charge in [-0.05, 0) is 36.4 Å². The van der Waals surface area contributed by atoms with Crippen LogP contribution in [0.25, 0.3) is 11.0 Å². The minimum atomic E-state index is -3.80. The van der Waals surface area contributed by atoms with E-state index in [9.17, 15) is 13.2 Å². The predicted octanol–water partition coefficient (Wildman–Crippen LogP) is 3.25. The fourth-order valence-electron chi connectivity index (χ4n) is 2.01. The van der Waals surface area contributed by atoms with Crippen LogP contribution < -0.4 is 10.3 Å². The minimum Gasteiger partial charge on any atom is -0.423 e. The quantitative estimate of drug-likeness (QED) is 0.745. The van der Waals surface area contributed by atoms with E-state index in [1.165, 1.54) is 30.3 Å². The first-order valence-electron chi connectivity index (χ1n) is 6.27. The van der Waals surface area contributed by atoms with Crippen LogP contribution in [0.3, 0.4) is 0 Å². The molecule has 0 saturated heterocycles. The molecule has 0 unspecified atom stereocenters. The lowest BCUT2D eigenvalue weighted by Crippen LogP contribution is -2.13. The zero-order valence-electron chi connectivity index (χ0n) is 11.1. The van der Waals surface area contributed by atoms with E-state index in [4.69, 9.17) is 16.0 Å². The molecule has 0 aliphatic carbocycles. The number of hydrogen-bond donors (Lipinski definition) is 1. The monoisotopic (exact) mass is 335 g/mol. The second-order valence-electron chi connectivity index (χ2n) is 4.54. The third kappa shape index (κ3) is 2.84. The lowest BCUT2D eigenvalue weighted by Gasteiger charge is -2.09. The Labute approximate surface area is 131 Å². The van der Waals surface area contributed by atoms with Crippen LogP contribution in [0.1, 0.15) is 0 Å². The van der Waals surface area contributed by atoms with Gasteiger partial charge >= 0.3 is 5.63 Å². The van der Waals surface area contributed by atoms with E-state index in [2.05, 4.69) is 4.72 Å². The smallest absolute Gasteiger partial charge is 0.336 e.